The molecule has 1 heterocycles. The molecule has 0 atom stereocenters. The lowest BCUT2D eigenvalue weighted by Gasteiger charge is -2.08. The SMILES string of the molecule is CC(C)n1cnc(C(C)(C)F)n1. The largest absolute Gasteiger partial charge is 0.250 e. The van der Waals surface area contributed by atoms with Crippen LogP contribution in [0.2, 0.25) is 0 Å². The van der Waals surface area contributed by atoms with Crippen LogP contribution < -0.4 is 0 Å². The number of hydrogen-bond donors (Lipinski definition) is 0. The molecule has 0 bridgehead atoms. The first-order chi connectivity index (χ1) is 5.41. The van der Waals surface area contributed by atoms with E-state index in [2.05, 4.69) is 10.1 Å². The predicted molar refractivity (Wildman–Crippen MR) is 44.5 cm³/mol. The highest BCUT2D eigenvalue weighted by atomic mass is 19.1. The lowest BCUT2D eigenvalue weighted by Crippen LogP contribution is -2.12. The van der Waals surface area contributed by atoms with Crippen LogP contribution in [0.25, 0.3) is 0 Å². The number of nitrogens with zero attached hydrogens (tertiary/aromatic N) is 3. The standard InChI is InChI=1S/C8H14FN3/c1-6(2)12-5-10-7(11-12)8(3,4)9/h5-6H,1-4H3. The summed E-state index contributed by atoms with van der Waals surface area (Å²) in [5.74, 6) is 0.246. The van der Waals surface area contributed by atoms with Gasteiger partial charge in [-0.25, -0.2) is 9.37 Å². The fraction of sp³-hybridized carbons (Fsp3) is 0.750. The van der Waals surface area contributed by atoms with Crippen LogP contribution in [0.5, 0.6) is 0 Å². The van der Waals surface area contributed by atoms with Crippen LogP contribution in [0.3, 0.4) is 0 Å². The van der Waals surface area contributed by atoms with E-state index in [1.54, 1.807) is 11.0 Å². The highest BCUT2D eigenvalue weighted by Crippen LogP contribution is 2.20. The summed E-state index contributed by atoms with van der Waals surface area (Å²) < 4.78 is 14.9. The molecule has 0 spiro atoms. The molecule has 0 radical (unpaired) electrons. The van der Waals surface area contributed by atoms with Crippen molar-refractivity contribution < 1.29 is 4.39 Å². The molecule has 0 unspecified atom stereocenters. The van der Waals surface area contributed by atoms with E-state index in [9.17, 15) is 4.39 Å². The van der Waals surface area contributed by atoms with Crippen molar-refractivity contribution >= 4 is 0 Å². The van der Waals surface area contributed by atoms with E-state index in [1.165, 1.54) is 13.8 Å². The minimum absolute atomic E-state index is 0.230. The summed E-state index contributed by atoms with van der Waals surface area (Å²) in [5.41, 5.74) is -1.44. The zero-order valence-corrected chi connectivity index (χ0v) is 7.87. The summed E-state index contributed by atoms with van der Waals surface area (Å²) in [6, 6.07) is 0.230. The molecular formula is C8H14FN3. The maximum Gasteiger partial charge on any atom is 0.187 e. The highest BCUT2D eigenvalue weighted by Gasteiger charge is 2.23. The van der Waals surface area contributed by atoms with Crippen LogP contribution in [0.15, 0.2) is 6.33 Å². The van der Waals surface area contributed by atoms with Crippen molar-refractivity contribution in [2.45, 2.75) is 39.4 Å². The van der Waals surface area contributed by atoms with Gasteiger partial charge in [0.05, 0.1) is 0 Å². The van der Waals surface area contributed by atoms with Gasteiger partial charge in [-0.05, 0) is 27.7 Å². The number of alkyl halides is 1. The Morgan fingerprint density at radius 1 is 1.50 bits per heavy atom. The summed E-state index contributed by atoms with van der Waals surface area (Å²) in [4.78, 5) is 3.89. The second kappa shape index (κ2) is 2.84. The molecule has 12 heavy (non-hydrogen) atoms. The Balaban J connectivity index is 2.92. The summed E-state index contributed by atoms with van der Waals surface area (Å²) in [7, 11) is 0. The molecule has 0 N–H and O–H groups in total. The van der Waals surface area contributed by atoms with Crippen LogP contribution in [-0.4, -0.2) is 14.8 Å². The Kier molecular flexibility index (Phi) is 2.17. The van der Waals surface area contributed by atoms with Crippen LogP contribution in [0.4, 0.5) is 4.39 Å². The number of halogens is 1. The number of rotatable bonds is 2. The van der Waals surface area contributed by atoms with E-state index < -0.39 is 5.67 Å². The maximum absolute atomic E-state index is 13.3. The molecule has 0 fully saturated rings. The lowest BCUT2D eigenvalue weighted by atomic mass is 10.2. The molecule has 3 nitrogen and oxygen atoms in total. The van der Waals surface area contributed by atoms with Gasteiger partial charge >= 0.3 is 0 Å². The normalized spacial score (nSPS) is 12.5. The molecular weight excluding hydrogens is 157 g/mol. The van der Waals surface area contributed by atoms with E-state index in [4.69, 9.17) is 0 Å². The third-order valence-corrected chi connectivity index (χ3v) is 1.57. The molecule has 0 aliphatic rings. The molecule has 0 aliphatic heterocycles. The Bertz CT molecular complexity index is 260. The number of aromatic nitrogens is 3. The van der Waals surface area contributed by atoms with Crippen molar-refractivity contribution in [3.63, 3.8) is 0 Å². The number of hydrogen-bond acceptors (Lipinski definition) is 2. The molecule has 0 aliphatic carbocycles. The summed E-state index contributed by atoms with van der Waals surface area (Å²) in [6.45, 7) is 6.85. The highest BCUT2D eigenvalue weighted by molar-refractivity contribution is 4.94. The van der Waals surface area contributed by atoms with E-state index in [0.717, 1.165) is 0 Å². The van der Waals surface area contributed by atoms with Gasteiger partial charge in [-0.1, -0.05) is 0 Å². The molecule has 1 aromatic rings. The van der Waals surface area contributed by atoms with Gasteiger partial charge in [0.25, 0.3) is 0 Å². The molecule has 0 saturated carbocycles. The minimum Gasteiger partial charge on any atom is -0.250 e. The second-order valence-electron chi connectivity index (χ2n) is 3.61. The fourth-order valence-electron chi connectivity index (χ4n) is 0.796. The topological polar surface area (TPSA) is 30.7 Å². The lowest BCUT2D eigenvalue weighted by molar-refractivity contribution is 0.205. The van der Waals surface area contributed by atoms with Gasteiger partial charge in [-0.2, -0.15) is 5.10 Å². The van der Waals surface area contributed by atoms with Crippen LogP contribution in [0, 0.1) is 0 Å². The Morgan fingerprint density at radius 2 is 2.08 bits per heavy atom. The van der Waals surface area contributed by atoms with Crippen molar-refractivity contribution in [1.29, 1.82) is 0 Å². The van der Waals surface area contributed by atoms with Gasteiger partial charge < -0.3 is 0 Å². The third-order valence-electron chi connectivity index (χ3n) is 1.57. The third kappa shape index (κ3) is 1.81. The smallest absolute Gasteiger partial charge is 0.187 e. The van der Waals surface area contributed by atoms with Gasteiger partial charge in [0.15, 0.2) is 11.5 Å². The Hall–Kier alpha value is -0.930. The molecule has 4 heteroatoms. The van der Waals surface area contributed by atoms with Gasteiger partial charge in [-0.15, -0.1) is 0 Å². The Labute approximate surface area is 71.6 Å². The second-order valence-corrected chi connectivity index (χ2v) is 3.61. The average Bonchev–Trinajstić information content (AvgIpc) is 2.30. The maximum atomic E-state index is 13.3. The zero-order valence-electron chi connectivity index (χ0n) is 7.87. The first kappa shape index (κ1) is 9.16. The van der Waals surface area contributed by atoms with Crippen molar-refractivity contribution in [1.82, 2.24) is 14.8 Å². The minimum atomic E-state index is -1.44. The first-order valence-corrected chi connectivity index (χ1v) is 4.02. The van der Waals surface area contributed by atoms with Crippen molar-refractivity contribution in [2.75, 3.05) is 0 Å². The molecule has 1 rings (SSSR count). The first-order valence-electron chi connectivity index (χ1n) is 4.02. The van der Waals surface area contributed by atoms with Crippen LogP contribution in [-0.2, 0) is 5.67 Å². The van der Waals surface area contributed by atoms with Crippen molar-refractivity contribution in [2.24, 2.45) is 0 Å². The van der Waals surface area contributed by atoms with Crippen molar-refractivity contribution in [3.8, 4) is 0 Å². The quantitative estimate of drug-likeness (QED) is 0.682. The summed E-state index contributed by atoms with van der Waals surface area (Å²) in [5, 5.41) is 4.01. The van der Waals surface area contributed by atoms with E-state index in [1.807, 2.05) is 13.8 Å². The Morgan fingerprint density at radius 3 is 2.33 bits per heavy atom. The van der Waals surface area contributed by atoms with E-state index in [-0.39, 0.29) is 11.9 Å². The monoisotopic (exact) mass is 171 g/mol. The van der Waals surface area contributed by atoms with E-state index in [0.29, 0.717) is 0 Å². The van der Waals surface area contributed by atoms with Gasteiger partial charge in [0.2, 0.25) is 0 Å². The fourth-order valence-corrected chi connectivity index (χ4v) is 0.796. The molecule has 0 aromatic carbocycles. The van der Waals surface area contributed by atoms with Crippen LogP contribution in [0.1, 0.15) is 39.6 Å². The average molecular weight is 171 g/mol. The van der Waals surface area contributed by atoms with Gasteiger partial charge in [0, 0.05) is 6.04 Å². The molecule has 0 saturated heterocycles. The van der Waals surface area contributed by atoms with Crippen LogP contribution >= 0.6 is 0 Å². The molecule has 1 aromatic heterocycles. The van der Waals surface area contributed by atoms with Gasteiger partial charge in [0.1, 0.15) is 6.33 Å². The summed E-state index contributed by atoms with van der Waals surface area (Å²) >= 11 is 0. The van der Waals surface area contributed by atoms with Gasteiger partial charge in [-0.3, -0.25) is 4.68 Å². The van der Waals surface area contributed by atoms with Crippen molar-refractivity contribution in [3.05, 3.63) is 12.2 Å². The van der Waals surface area contributed by atoms with E-state index >= 15 is 0 Å². The molecule has 0 amide bonds. The molecule has 68 valence electrons. The zero-order chi connectivity index (χ0) is 9.35. The summed E-state index contributed by atoms with van der Waals surface area (Å²) in [6.07, 6.45) is 1.56. The predicted octanol–water partition coefficient (Wildman–Crippen LogP) is 2.06.